The molecule has 0 saturated carbocycles. The number of nitrogens with zero attached hydrogens (tertiary/aromatic N) is 3. The summed E-state index contributed by atoms with van der Waals surface area (Å²) in [5.41, 5.74) is 0.151. The summed E-state index contributed by atoms with van der Waals surface area (Å²) in [6.07, 6.45) is -0.400. The summed E-state index contributed by atoms with van der Waals surface area (Å²) in [7, 11) is 0. The molecule has 0 aliphatic heterocycles. The van der Waals surface area contributed by atoms with Gasteiger partial charge in [0.1, 0.15) is 6.10 Å². The lowest BCUT2D eigenvalue weighted by molar-refractivity contribution is -0.385. The van der Waals surface area contributed by atoms with E-state index in [1.54, 1.807) is 19.9 Å². The zero-order chi connectivity index (χ0) is 15.4. The first kappa shape index (κ1) is 14.9. The van der Waals surface area contributed by atoms with Gasteiger partial charge in [0.15, 0.2) is 0 Å². The summed E-state index contributed by atoms with van der Waals surface area (Å²) in [6.45, 7) is 3.76. The number of hydrogen-bond donors (Lipinski definition) is 1. The molecule has 1 N–H and O–H groups in total. The molecule has 0 saturated heterocycles. The van der Waals surface area contributed by atoms with Crippen molar-refractivity contribution in [2.75, 3.05) is 6.61 Å². The predicted octanol–water partition coefficient (Wildman–Crippen LogP) is 2.49. The minimum absolute atomic E-state index is 0.0738. The van der Waals surface area contributed by atoms with Crippen molar-refractivity contribution < 1.29 is 19.3 Å². The zero-order valence-corrected chi connectivity index (χ0v) is 11.6. The lowest BCUT2D eigenvalue weighted by Crippen LogP contribution is -2.00. The summed E-state index contributed by atoms with van der Waals surface area (Å²) < 4.78 is 10.4. The van der Waals surface area contributed by atoms with Crippen LogP contribution in [0.1, 0.15) is 32.2 Å². The highest BCUT2D eigenvalue weighted by Gasteiger charge is 2.24. The van der Waals surface area contributed by atoms with Crippen molar-refractivity contribution in [1.82, 2.24) is 10.1 Å². The summed E-state index contributed by atoms with van der Waals surface area (Å²) in [5, 5.41) is 24.4. The summed E-state index contributed by atoms with van der Waals surface area (Å²) in [4.78, 5) is 14.6. The van der Waals surface area contributed by atoms with Crippen LogP contribution in [0.4, 0.5) is 5.69 Å². The molecule has 1 unspecified atom stereocenters. The summed E-state index contributed by atoms with van der Waals surface area (Å²) in [6, 6.07) is 4.44. The normalized spacial score (nSPS) is 12.1. The van der Waals surface area contributed by atoms with E-state index in [2.05, 4.69) is 10.1 Å². The molecule has 0 bridgehead atoms. The fourth-order valence-electron chi connectivity index (χ4n) is 1.80. The monoisotopic (exact) mass is 293 g/mol. The van der Waals surface area contributed by atoms with E-state index in [0.717, 1.165) is 0 Å². The van der Waals surface area contributed by atoms with Crippen LogP contribution in [-0.2, 0) is 0 Å². The topological polar surface area (TPSA) is 112 Å². The van der Waals surface area contributed by atoms with Crippen LogP contribution in [0.25, 0.3) is 11.5 Å². The minimum atomic E-state index is -0.836. The van der Waals surface area contributed by atoms with Gasteiger partial charge in [0, 0.05) is 6.07 Å². The van der Waals surface area contributed by atoms with Crippen LogP contribution in [-0.4, -0.2) is 26.8 Å². The van der Waals surface area contributed by atoms with Gasteiger partial charge in [-0.2, -0.15) is 4.98 Å². The average Bonchev–Trinajstić information content (AvgIpc) is 2.96. The predicted molar refractivity (Wildman–Crippen MR) is 72.8 cm³/mol. The third-order valence-electron chi connectivity index (χ3n) is 2.84. The molecule has 112 valence electrons. The Kier molecular flexibility index (Phi) is 4.49. The number of rotatable bonds is 6. The van der Waals surface area contributed by atoms with Gasteiger partial charge in [-0.15, -0.1) is 0 Å². The molecule has 0 amide bonds. The maximum Gasteiger partial charge on any atom is 0.311 e. The second-order valence-corrected chi connectivity index (χ2v) is 4.23. The Morgan fingerprint density at radius 2 is 2.24 bits per heavy atom. The number of para-hydroxylation sites is 1. The highest BCUT2D eigenvalue weighted by Crippen LogP contribution is 2.37. The molecule has 2 aromatic rings. The third-order valence-corrected chi connectivity index (χ3v) is 2.84. The first-order valence-electron chi connectivity index (χ1n) is 6.50. The van der Waals surface area contributed by atoms with Crippen molar-refractivity contribution in [3.63, 3.8) is 0 Å². The molecule has 0 radical (unpaired) electrons. The quantitative estimate of drug-likeness (QED) is 0.643. The number of nitro groups is 1. The second kappa shape index (κ2) is 6.31. The Balaban J connectivity index is 2.50. The summed E-state index contributed by atoms with van der Waals surface area (Å²) in [5.74, 6) is 0.289. The Morgan fingerprint density at radius 1 is 1.48 bits per heavy atom. The van der Waals surface area contributed by atoms with E-state index in [4.69, 9.17) is 9.26 Å². The Labute approximate surface area is 120 Å². The molecule has 1 atom stereocenters. The van der Waals surface area contributed by atoms with E-state index in [1.807, 2.05) is 0 Å². The SMILES string of the molecule is CCOc1c(-c2nc(C(O)CC)no2)cccc1[N+](=O)[O-]. The Morgan fingerprint density at radius 3 is 2.86 bits per heavy atom. The van der Waals surface area contributed by atoms with E-state index in [1.165, 1.54) is 12.1 Å². The number of benzene rings is 1. The molecule has 0 fully saturated rings. The van der Waals surface area contributed by atoms with E-state index in [9.17, 15) is 15.2 Å². The minimum Gasteiger partial charge on any atom is -0.487 e. The Bertz CT molecular complexity index is 640. The Hall–Kier alpha value is -2.48. The second-order valence-electron chi connectivity index (χ2n) is 4.23. The van der Waals surface area contributed by atoms with Crippen LogP contribution in [0.3, 0.4) is 0 Å². The number of ether oxygens (including phenoxy) is 1. The first-order chi connectivity index (χ1) is 10.1. The van der Waals surface area contributed by atoms with Crippen molar-refractivity contribution in [3.8, 4) is 17.2 Å². The molecule has 0 spiro atoms. The fourth-order valence-corrected chi connectivity index (χ4v) is 1.80. The lowest BCUT2D eigenvalue weighted by atomic mass is 10.1. The van der Waals surface area contributed by atoms with E-state index in [0.29, 0.717) is 12.0 Å². The molecule has 8 heteroatoms. The van der Waals surface area contributed by atoms with Crippen LogP contribution in [0.5, 0.6) is 5.75 Å². The standard InChI is InChI=1S/C13H15N3O5/c1-3-10(17)12-14-13(21-15-12)8-6-5-7-9(16(18)19)11(8)20-4-2/h5-7,10,17H,3-4H2,1-2H3. The maximum atomic E-state index is 11.1. The van der Waals surface area contributed by atoms with Gasteiger partial charge in [-0.25, -0.2) is 0 Å². The average molecular weight is 293 g/mol. The maximum absolute atomic E-state index is 11.1. The molecule has 21 heavy (non-hydrogen) atoms. The van der Waals surface area contributed by atoms with Crippen molar-refractivity contribution in [1.29, 1.82) is 0 Å². The third kappa shape index (κ3) is 3.00. The van der Waals surface area contributed by atoms with Crippen molar-refractivity contribution in [2.45, 2.75) is 26.4 Å². The largest absolute Gasteiger partial charge is 0.487 e. The summed E-state index contributed by atoms with van der Waals surface area (Å²) >= 11 is 0. The number of aromatic nitrogens is 2. The van der Waals surface area contributed by atoms with Gasteiger partial charge in [0.2, 0.25) is 11.6 Å². The van der Waals surface area contributed by atoms with Gasteiger partial charge in [0.25, 0.3) is 5.89 Å². The van der Waals surface area contributed by atoms with Crippen LogP contribution >= 0.6 is 0 Å². The van der Waals surface area contributed by atoms with Gasteiger partial charge in [-0.05, 0) is 19.4 Å². The van der Waals surface area contributed by atoms with Crippen LogP contribution < -0.4 is 4.74 Å². The van der Waals surface area contributed by atoms with Gasteiger partial charge < -0.3 is 14.4 Å². The lowest BCUT2D eigenvalue weighted by Gasteiger charge is -2.07. The zero-order valence-electron chi connectivity index (χ0n) is 11.6. The van der Waals surface area contributed by atoms with Gasteiger partial charge in [-0.3, -0.25) is 10.1 Å². The van der Waals surface area contributed by atoms with Crippen molar-refractivity contribution in [2.24, 2.45) is 0 Å². The molecule has 1 heterocycles. The highest BCUT2D eigenvalue weighted by atomic mass is 16.6. The molecule has 8 nitrogen and oxygen atoms in total. The number of aliphatic hydroxyl groups is 1. The number of aliphatic hydroxyl groups excluding tert-OH is 1. The van der Waals surface area contributed by atoms with Crippen molar-refractivity contribution >= 4 is 5.69 Å². The van der Waals surface area contributed by atoms with Crippen LogP contribution in [0.15, 0.2) is 22.7 Å². The van der Waals surface area contributed by atoms with Crippen LogP contribution in [0, 0.1) is 10.1 Å². The van der Waals surface area contributed by atoms with Crippen LogP contribution in [0.2, 0.25) is 0 Å². The van der Waals surface area contributed by atoms with E-state index >= 15 is 0 Å². The molecule has 1 aromatic carbocycles. The fraction of sp³-hybridized carbons (Fsp3) is 0.385. The van der Waals surface area contributed by atoms with Crippen molar-refractivity contribution in [3.05, 3.63) is 34.1 Å². The number of hydrogen-bond acceptors (Lipinski definition) is 7. The smallest absolute Gasteiger partial charge is 0.311 e. The number of nitro benzene ring substituents is 1. The molecule has 1 aromatic heterocycles. The van der Waals surface area contributed by atoms with Gasteiger partial charge in [-0.1, -0.05) is 18.1 Å². The molecular weight excluding hydrogens is 278 g/mol. The molecule has 0 aliphatic rings. The molecule has 2 rings (SSSR count). The molecule has 0 aliphatic carbocycles. The van der Waals surface area contributed by atoms with E-state index in [-0.39, 0.29) is 29.8 Å². The van der Waals surface area contributed by atoms with Gasteiger partial charge in [0.05, 0.1) is 17.1 Å². The van der Waals surface area contributed by atoms with E-state index < -0.39 is 11.0 Å². The van der Waals surface area contributed by atoms with Gasteiger partial charge >= 0.3 is 5.69 Å². The molecular formula is C13H15N3O5. The first-order valence-corrected chi connectivity index (χ1v) is 6.50. The highest BCUT2D eigenvalue weighted by molar-refractivity contribution is 5.70.